The molecule has 0 atom stereocenters. The zero-order valence-electron chi connectivity index (χ0n) is 15.4. The number of methoxy groups -OCH3 is 1. The minimum absolute atomic E-state index is 0.205. The highest BCUT2D eigenvalue weighted by molar-refractivity contribution is 6.09. The predicted octanol–water partition coefficient (Wildman–Crippen LogP) is 4.60. The first-order chi connectivity index (χ1) is 13.6. The molecule has 0 aromatic heterocycles. The Hall–Kier alpha value is -3.47. The van der Waals surface area contributed by atoms with E-state index in [-0.39, 0.29) is 18.2 Å². The Morgan fingerprint density at radius 3 is 2.11 bits per heavy atom. The Morgan fingerprint density at radius 1 is 0.857 bits per heavy atom. The molecule has 0 aliphatic rings. The van der Waals surface area contributed by atoms with Gasteiger partial charge in [-0.25, -0.2) is 4.39 Å². The fourth-order valence-corrected chi connectivity index (χ4v) is 2.77. The summed E-state index contributed by atoms with van der Waals surface area (Å²) in [4.78, 5) is 24.5. The van der Waals surface area contributed by atoms with Crippen LogP contribution in [0, 0.1) is 5.82 Å². The van der Waals surface area contributed by atoms with Crippen LogP contribution in [-0.2, 0) is 11.2 Å². The summed E-state index contributed by atoms with van der Waals surface area (Å²) < 4.78 is 23.6. The van der Waals surface area contributed by atoms with Gasteiger partial charge in [0.25, 0.3) is 0 Å². The predicted molar refractivity (Wildman–Crippen MR) is 103 cm³/mol. The van der Waals surface area contributed by atoms with E-state index in [1.807, 2.05) is 24.3 Å². The molecular weight excluding hydrogens is 359 g/mol. The van der Waals surface area contributed by atoms with Gasteiger partial charge in [-0.05, 0) is 66.6 Å². The Bertz CT molecular complexity index is 963. The maximum atomic E-state index is 13.0. The summed E-state index contributed by atoms with van der Waals surface area (Å²) >= 11 is 0. The van der Waals surface area contributed by atoms with Gasteiger partial charge in [0, 0.05) is 11.1 Å². The fraction of sp³-hybridized carbons (Fsp3) is 0.130. The molecule has 4 nitrogen and oxygen atoms in total. The van der Waals surface area contributed by atoms with Crippen LogP contribution >= 0.6 is 0 Å². The maximum absolute atomic E-state index is 13.0. The third-order valence-electron chi connectivity index (χ3n) is 4.25. The molecule has 0 amide bonds. The van der Waals surface area contributed by atoms with E-state index in [1.165, 1.54) is 24.3 Å². The summed E-state index contributed by atoms with van der Waals surface area (Å²) in [5.41, 5.74) is 1.76. The number of benzene rings is 3. The summed E-state index contributed by atoms with van der Waals surface area (Å²) in [5, 5.41) is 0. The fourth-order valence-electron chi connectivity index (χ4n) is 2.77. The monoisotopic (exact) mass is 378 g/mol. The molecule has 3 rings (SSSR count). The first kappa shape index (κ1) is 19.3. The zero-order chi connectivity index (χ0) is 19.9. The van der Waals surface area contributed by atoms with Gasteiger partial charge in [0.1, 0.15) is 17.3 Å². The number of carbonyl (C=O) groups excluding carboxylic acids is 2. The van der Waals surface area contributed by atoms with Crippen LogP contribution in [0.25, 0.3) is 0 Å². The second kappa shape index (κ2) is 8.95. The van der Waals surface area contributed by atoms with E-state index in [9.17, 15) is 14.0 Å². The quantitative estimate of drug-likeness (QED) is 0.342. The number of rotatable bonds is 7. The minimum atomic E-state index is -0.396. The van der Waals surface area contributed by atoms with Gasteiger partial charge in [-0.1, -0.05) is 18.2 Å². The number of para-hydroxylation sites is 1. The van der Waals surface area contributed by atoms with Crippen molar-refractivity contribution in [3.05, 3.63) is 95.3 Å². The number of halogens is 1. The normalized spacial score (nSPS) is 10.4. The molecule has 0 saturated heterocycles. The number of ketones is 1. The highest BCUT2D eigenvalue weighted by Gasteiger charge is 2.11. The van der Waals surface area contributed by atoms with Crippen molar-refractivity contribution in [2.24, 2.45) is 0 Å². The Balaban J connectivity index is 1.58. The number of hydrogen-bond donors (Lipinski definition) is 0. The molecule has 0 bridgehead atoms. The highest BCUT2D eigenvalue weighted by atomic mass is 19.1. The van der Waals surface area contributed by atoms with E-state index in [1.54, 1.807) is 31.4 Å². The molecule has 3 aromatic rings. The van der Waals surface area contributed by atoms with Gasteiger partial charge < -0.3 is 9.47 Å². The largest absolute Gasteiger partial charge is 0.496 e. The molecule has 3 aromatic carbocycles. The molecule has 0 spiro atoms. The van der Waals surface area contributed by atoms with E-state index in [4.69, 9.17) is 9.47 Å². The lowest BCUT2D eigenvalue weighted by molar-refractivity contribution is -0.134. The van der Waals surface area contributed by atoms with Gasteiger partial charge >= 0.3 is 5.97 Å². The van der Waals surface area contributed by atoms with E-state index in [2.05, 4.69) is 0 Å². The average molecular weight is 378 g/mol. The van der Waals surface area contributed by atoms with Crippen LogP contribution in [0.15, 0.2) is 72.8 Å². The number of esters is 1. The topological polar surface area (TPSA) is 52.6 Å². The molecule has 28 heavy (non-hydrogen) atoms. The molecule has 0 aliphatic carbocycles. The molecule has 142 valence electrons. The molecular formula is C23H19FO4. The maximum Gasteiger partial charge on any atom is 0.311 e. The van der Waals surface area contributed by atoms with Crippen LogP contribution in [0.3, 0.4) is 0 Å². The summed E-state index contributed by atoms with van der Waals surface area (Å²) in [6.07, 6.45) is 0.709. The van der Waals surface area contributed by atoms with Crippen molar-refractivity contribution in [3.63, 3.8) is 0 Å². The first-order valence-corrected chi connectivity index (χ1v) is 8.80. The van der Waals surface area contributed by atoms with E-state index < -0.39 is 5.82 Å². The zero-order valence-corrected chi connectivity index (χ0v) is 15.4. The summed E-state index contributed by atoms with van der Waals surface area (Å²) in [6, 6.07) is 19.1. The standard InChI is InChI=1S/C23H19FO4/c1-27-21-5-3-2-4-16(21)10-15-22(25)28-20-13-8-18(9-14-20)23(26)17-6-11-19(24)12-7-17/h2-9,11-14H,10,15H2,1H3. The highest BCUT2D eigenvalue weighted by Crippen LogP contribution is 2.20. The van der Waals surface area contributed by atoms with Gasteiger partial charge in [0.05, 0.1) is 13.5 Å². The number of carbonyl (C=O) groups is 2. The van der Waals surface area contributed by atoms with E-state index in [0.717, 1.165) is 11.3 Å². The van der Waals surface area contributed by atoms with Crippen LogP contribution in [-0.4, -0.2) is 18.9 Å². The third kappa shape index (κ3) is 4.82. The van der Waals surface area contributed by atoms with Crippen molar-refractivity contribution in [2.45, 2.75) is 12.8 Å². The summed E-state index contributed by atoms with van der Waals surface area (Å²) in [7, 11) is 1.59. The van der Waals surface area contributed by atoms with Crippen LogP contribution in [0.1, 0.15) is 27.9 Å². The Labute approximate surface area is 162 Å². The van der Waals surface area contributed by atoms with Gasteiger partial charge in [-0.15, -0.1) is 0 Å². The van der Waals surface area contributed by atoms with Crippen molar-refractivity contribution < 1.29 is 23.5 Å². The molecule has 5 heteroatoms. The smallest absolute Gasteiger partial charge is 0.311 e. The lowest BCUT2D eigenvalue weighted by atomic mass is 10.0. The van der Waals surface area contributed by atoms with Crippen LogP contribution < -0.4 is 9.47 Å². The van der Waals surface area contributed by atoms with Crippen LogP contribution in [0.5, 0.6) is 11.5 Å². The first-order valence-electron chi connectivity index (χ1n) is 8.80. The number of ether oxygens (including phenoxy) is 2. The number of aryl methyl sites for hydroxylation is 1. The van der Waals surface area contributed by atoms with Crippen LogP contribution in [0.4, 0.5) is 4.39 Å². The van der Waals surface area contributed by atoms with Gasteiger partial charge in [0.15, 0.2) is 5.78 Å². The van der Waals surface area contributed by atoms with Gasteiger partial charge in [-0.3, -0.25) is 9.59 Å². The molecule has 0 unspecified atom stereocenters. The lowest BCUT2D eigenvalue weighted by Gasteiger charge is -2.08. The SMILES string of the molecule is COc1ccccc1CCC(=O)Oc1ccc(C(=O)c2ccc(F)cc2)cc1. The minimum Gasteiger partial charge on any atom is -0.496 e. The van der Waals surface area contributed by atoms with Gasteiger partial charge in [-0.2, -0.15) is 0 Å². The second-order valence-corrected chi connectivity index (χ2v) is 6.15. The van der Waals surface area contributed by atoms with Crippen LogP contribution in [0.2, 0.25) is 0 Å². The molecule has 0 N–H and O–H groups in total. The van der Waals surface area contributed by atoms with Crippen molar-refractivity contribution in [2.75, 3.05) is 7.11 Å². The lowest BCUT2D eigenvalue weighted by Crippen LogP contribution is -2.09. The molecule has 0 radical (unpaired) electrons. The molecule has 0 heterocycles. The Kier molecular flexibility index (Phi) is 6.17. The average Bonchev–Trinajstić information content (AvgIpc) is 2.73. The van der Waals surface area contributed by atoms with Crippen molar-refractivity contribution in [1.29, 1.82) is 0 Å². The third-order valence-corrected chi connectivity index (χ3v) is 4.25. The van der Waals surface area contributed by atoms with Gasteiger partial charge in [0.2, 0.25) is 0 Å². The summed E-state index contributed by atoms with van der Waals surface area (Å²) in [5.74, 6) is 0.101. The van der Waals surface area contributed by atoms with E-state index >= 15 is 0 Å². The van der Waals surface area contributed by atoms with Crippen molar-refractivity contribution >= 4 is 11.8 Å². The Morgan fingerprint density at radius 2 is 1.46 bits per heavy atom. The van der Waals surface area contributed by atoms with E-state index in [0.29, 0.717) is 23.3 Å². The molecule has 0 saturated carbocycles. The second-order valence-electron chi connectivity index (χ2n) is 6.15. The van der Waals surface area contributed by atoms with Crippen molar-refractivity contribution in [1.82, 2.24) is 0 Å². The molecule has 0 aliphatic heterocycles. The van der Waals surface area contributed by atoms with Crippen molar-refractivity contribution in [3.8, 4) is 11.5 Å². The number of hydrogen-bond acceptors (Lipinski definition) is 4. The summed E-state index contributed by atoms with van der Waals surface area (Å²) in [6.45, 7) is 0. The molecule has 0 fully saturated rings.